The first kappa shape index (κ1) is 14.6. The summed E-state index contributed by atoms with van der Waals surface area (Å²) in [6.45, 7) is 1.11. The largest absolute Gasteiger partial charge is 0.463 e. The molecule has 0 saturated carbocycles. The van der Waals surface area contributed by atoms with Crippen molar-refractivity contribution in [1.82, 2.24) is 20.2 Å². The summed E-state index contributed by atoms with van der Waals surface area (Å²) in [5, 5.41) is 11.0. The van der Waals surface area contributed by atoms with Crippen LogP contribution in [0.1, 0.15) is 24.8 Å². The number of tetrazole rings is 1. The molecule has 1 atom stereocenters. The van der Waals surface area contributed by atoms with Crippen molar-refractivity contribution < 1.29 is 14.3 Å². The molecule has 3 rings (SSSR count). The molecule has 0 N–H and O–H groups in total. The highest BCUT2D eigenvalue weighted by Gasteiger charge is 2.16. The topological polar surface area (TPSA) is 79.1 Å². The molecule has 0 amide bonds. The van der Waals surface area contributed by atoms with Gasteiger partial charge in [-0.25, -0.2) is 4.68 Å². The summed E-state index contributed by atoms with van der Waals surface area (Å²) in [5.41, 5.74) is 1.74. The second-order valence-electron chi connectivity index (χ2n) is 5.27. The average Bonchev–Trinajstić information content (AvgIpc) is 3.09. The van der Waals surface area contributed by atoms with Gasteiger partial charge in [0, 0.05) is 6.61 Å². The number of nitrogens with zero attached hydrogens (tertiary/aromatic N) is 4. The summed E-state index contributed by atoms with van der Waals surface area (Å²) in [4.78, 5) is 11.9. The van der Waals surface area contributed by atoms with Crippen molar-refractivity contribution in [2.75, 3.05) is 13.2 Å². The molecule has 116 valence electrons. The minimum Gasteiger partial charge on any atom is -0.463 e. The van der Waals surface area contributed by atoms with Gasteiger partial charge in [0.15, 0.2) is 0 Å². The van der Waals surface area contributed by atoms with Gasteiger partial charge in [0.2, 0.25) is 0 Å². The van der Waals surface area contributed by atoms with Gasteiger partial charge in [-0.15, -0.1) is 5.10 Å². The molecule has 0 bridgehead atoms. The highest BCUT2D eigenvalue weighted by Crippen LogP contribution is 2.13. The van der Waals surface area contributed by atoms with Crippen LogP contribution in [0, 0.1) is 0 Å². The highest BCUT2D eigenvalue weighted by molar-refractivity contribution is 5.72. The first-order valence-electron chi connectivity index (χ1n) is 7.41. The number of hydrogen-bond acceptors (Lipinski definition) is 6. The van der Waals surface area contributed by atoms with Crippen LogP contribution in [0.25, 0.3) is 5.69 Å². The molecule has 1 aromatic heterocycles. The molecule has 1 aliphatic heterocycles. The predicted octanol–water partition coefficient (Wildman–Crippen LogP) is 1.32. The second-order valence-corrected chi connectivity index (χ2v) is 5.27. The fourth-order valence-electron chi connectivity index (χ4n) is 2.39. The van der Waals surface area contributed by atoms with Crippen molar-refractivity contribution in [3.8, 4) is 5.69 Å². The molecule has 1 aromatic carbocycles. The predicted molar refractivity (Wildman–Crippen MR) is 77.4 cm³/mol. The van der Waals surface area contributed by atoms with E-state index < -0.39 is 0 Å². The Morgan fingerprint density at radius 3 is 2.86 bits per heavy atom. The maximum absolute atomic E-state index is 11.9. The molecule has 1 unspecified atom stereocenters. The first-order chi connectivity index (χ1) is 10.8. The van der Waals surface area contributed by atoms with Crippen LogP contribution in [0.2, 0.25) is 0 Å². The molecule has 7 nitrogen and oxygen atoms in total. The number of carbonyl (C=O) groups excluding carboxylic acids is 1. The third kappa shape index (κ3) is 3.88. The van der Waals surface area contributed by atoms with Crippen molar-refractivity contribution >= 4 is 5.97 Å². The van der Waals surface area contributed by atoms with E-state index in [2.05, 4.69) is 15.5 Å². The monoisotopic (exact) mass is 302 g/mol. The quantitative estimate of drug-likeness (QED) is 0.775. The molecule has 2 heterocycles. The van der Waals surface area contributed by atoms with Gasteiger partial charge in [0.1, 0.15) is 12.9 Å². The van der Waals surface area contributed by atoms with E-state index in [1.54, 1.807) is 4.68 Å². The van der Waals surface area contributed by atoms with Crippen LogP contribution in [0.3, 0.4) is 0 Å². The summed E-state index contributed by atoms with van der Waals surface area (Å²) >= 11 is 0. The van der Waals surface area contributed by atoms with E-state index in [9.17, 15) is 4.79 Å². The van der Waals surface area contributed by atoms with Gasteiger partial charge in [-0.05, 0) is 47.4 Å². The zero-order chi connectivity index (χ0) is 15.2. The molecule has 2 aromatic rings. The average molecular weight is 302 g/mol. The second kappa shape index (κ2) is 7.13. The van der Waals surface area contributed by atoms with E-state index in [1.165, 1.54) is 6.33 Å². The van der Waals surface area contributed by atoms with Crippen LogP contribution in [0.5, 0.6) is 0 Å². The van der Waals surface area contributed by atoms with Crippen LogP contribution in [0.15, 0.2) is 30.6 Å². The molecular formula is C15H18N4O3. The summed E-state index contributed by atoms with van der Waals surface area (Å²) < 4.78 is 12.4. The Morgan fingerprint density at radius 1 is 1.32 bits per heavy atom. The zero-order valence-electron chi connectivity index (χ0n) is 12.2. The van der Waals surface area contributed by atoms with Gasteiger partial charge in [0.25, 0.3) is 0 Å². The Balaban J connectivity index is 1.48. The first-order valence-corrected chi connectivity index (χ1v) is 7.41. The lowest BCUT2D eigenvalue weighted by molar-refractivity contribution is -0.148. The number of hydrogen-bond donors (Lipinski definition) is 0. The molecule has 7 heteroatoms. The van der Waals surface area contributed by atoms with Gasteiger partial charge >= 0.3 is 5.97 Å². The Hall–Kier alpha value is -2.28. The van der Waals surface area contributed by atoms with E-state index >= 15 is 0 Å². The molecule has 1 fully saturated rings. The third-order valence-corrected chi connectivity index (χ3v) is 3.60. The lowest BCUT2D eigenvalue weighted by Gasteiger charge is -2.22. The standard InChI is InChI=1S/C15H18N4O3/c20-15(22-10-14-3-1-2-8-21-14)9-12-4-6-13(7-5-12)19-11-16-17-18-19/h4-7,11,14H,1-3,8-10H2. The lowest BCUT2D eigenvalue weighted by atomic mass is 10.1. The molecule has 0 radical (unpaired) electrons. The van der Waals surface area contributed by atoms with Crippen molar-refractivity contribution in [1.29, 1.82) is 0 Å². The van der Waals surface area contributed by atoms with Crippen molar-refractivity contribution in [3.63, 3.8) is 0 Å². The van der Waals surface area contributed by atoms with Gasteiger partial charge in [-0.3, -0.25) is 4.79 Å². The van der Waals surface area contributed by atoms with E-state index in [4.69, 9.17) is 9.47 Å². The van der Waals surface area contributed by atoms with Crippen LogP contribution in [-0.4, -0.2) is 45.5 Å². The molecule has 1 saturated heterocycles. The Morgan fingerprint density at radius 2 is 2.18 bits per heavy atom. The molecule has 22 heavy (non-hydrogen) atoms. The van der Waals surface area contributed by atoms with E-state index in [-0.39, 0.29) is 18.5 Å². The summed E-state index contributed by atoms with van der Waals surface area (Å²) in [7, 11) is 0. The minimum atomic E-state index is -0.232. The number of esters is 1. The van der Waals surface area contributed by atoms with E-state index in [0.29, 0.717) is 6.61 Å². The number of carbonyl (C=O) groups is 1. The maximum Gasteiger partial charge on any atom is 0.310 e. The summed E-state index contributed by atoms with van der Waals surface area (Å²) in [6.07, 6.45) is 5.03. The van der Waals surface area contributed by atoms with Crippen molar-refractivity contribution in [2.45, 2.75) is 31.8 Å². The molecule has 0 aliphatic carbocycles. The van der Waals surface area contributed by atoms with Gasteiger partial charge in [0.05, 0.1) is 18.2 Å². The maximum atomic E-state index is 11.9. The Bertz CT molecular complexity index is 592. The highest BCUT2D eigenvalue weighted by atomic mass is 16.6. The van der Waals surface area contributed by atoms with Crippen LogP contribution < -0.4 is 0 Å². The van der Waals surface area contributed by atoms with Crippen molar-refractivity contribution in [3.05, 3.63) is 36.2 Å². The fraction of sp³-hybridized carbons (Fsp3) is 0.467. The Labute approximate surface area is 128 Å². The lowest BCUT2D eigenvalue weighted by Crippen LogP contribution is -2.26. The Kier molecular flexibility index (Phi) is 4.75. The SMILES string of the molecule is O=C(Cc1ccc(-n2cnnn2)cc1)OCC1CCCCO1. The number of rotatable bonds is 5. The molecular weight excluding hydrogens is 284 g/mol. The van der Waals surface area contributed by atoms with Crippen LogP contribution in [0.4, 0.5) is 0 Å². The number of benzene rings is 1. The van der Waals surface area contributed by atoms with E-state index in [0.717, 1.165) is 37.1 Å². The number of ether oxygens (including phenoxy) is 2. The van der Waals surface area contributed by atoms with Crippen molar-refractivity contribution in [2.24, 2.45) is 0 Å². The van der Waals surface area contributed by atoms with Crippen LogP contribution in [-0.2, 0) is 20.7 Å². The van der Waals surface area contributed by atoms with Gasteiger partial charge < -0.3 is 9.47 Å². The summed E-state index contributed by atoms with van der Waals surface area (Å²) in [6, 6.07) is 7.47. The zero-order valence-corrected chi connectivity index (χ0v) is 12.2. The number of aromatic nitrogens is 4. The smallest absolute Gasteiger partial charge is 0.310 e. The normalized spacial score (nSPS) is 18.1. The third-order valence-electron chi connectivity index (χ3n) is 3.60. The fourth-order valence-corrected chi connectivity index (χ4v) is 2.39. The molecule has 0 spiro atoms. The minimum absolute atomic E-state index is 0.0555. The summed E-state index contributed by atoms with van der Waals surface area (Å²) in [5.74, 6) is -0.232. The molecule has 1 aliphatic rings. The van der Waals surface area contributed by atoms with Crippen LogP contribution >= 0.6 is 0 Å². The van der Waals surface area contributed by atoms with Gasteiger partial charge in [-0.1, -0.05) is 12.1 Å². The van der Waals surface area contributed by atoms with E-state index in [1.807, 2.05) is 24.3 Å². The van der Waals surface area contributed by atoms with Gasteiger partial charge in [-0.2, -0.15) is 0 Å².